The first-order chi connectivity index (χ1) is 28.2. The van der Waals surface area contributed by atoms with Gasteiger partial charge in [-0.25, -0.2) is 19.9 Å². The number of fused-ring (bicyclic) bond motifs is 4. The molecule has 0 spiro atoms. The lowest BCUT2D eigenvalue weighted by Gasteiger charge is -2.09. The first kappa shape index (κ1) is 41.9. The summed E-state index contributed by atoms with van der Waals surface area (Å²) in [6, 6.07) is 11.5. The fraction of sp³-hybridized carbons (Fsp3) is 0.333. The smallest absolute Gasteiger partial charge is 0.238 e. The number of ether oxygens (including phenoxy) is 1. The molecule has 2 aromatic carbocycles. The van der Waals surface area contributed by atoms with Gasteiger partial charge in [0, 0.05) is 81.9 Å². The summed E-state index contributed by atoms with van der Waals surface area (Å²) in [5, 5.41) is 23.1. The Kier molecular flexibility index (Phi) is 14.9. The number of rotatable bonds is 9. The van der Waals surface area contributed by atoms with Crippen molar-refractivity contribution in [2.24, 2.45) is 10.2 Å². The molecular weight excluding hydrogens is 900 g/mol. The summed E-state index contributed by atoms with van der Waals surface area (Å²) in [4.78, 5) is 45.3. The maximum Gasteiger partial charge on any atom is 0.238 e. The van der Waals surface area contributed by atoms with E-state index < -0.39 is 5.92 Å². The van der Waals surface area contributed by atoms with Crippen LogP contribution in [0.2, 0.25) is 5.15 Å². The topological polar surface area (TPSA) is 252 Å². The van der Waals surface area contributed by atoms with Crippen molar-refractivity contribution in [3.8, 4) is 0 Å². The summed E-state index contributed by atoms with van der Waals surface area (Å²) in [5.41, 5.74) is 21.9. The number of nitrogens with zero attached hydrogens (tertiary/aromatic N) is 14. The van der Waals surface area contributed by atoms with Gasteiger partial charge in [-0.2, -0.15) is 10.2 Å². The minimum atomic E-state index is -0.506. The highest BCUT2D eigenvalue weighted by atomic mass is 79.9. The van der Waals surface area contributed by atoms with Crippen LogP contribution in [0.4, 0.5) is 11.4 Å². The molecule has 9 rings (SSSR count). The molecule has 0 saturated carbocycles. The third-order valence-corrected chi connectivity index (χ3v) is 10.1. The molecule has 3 aliphatic rings. The average molecular weight is 935 g/mol. The number of hydrogen-bond donors (Lipinski definition) is 2. The number of aromatic nitrogens is 8. The highest BCUT2D eigenvalue weighted by molar-refractivity contribution is 9.10. The van der Waals surface area contributed by atoms with Gasteiger partial charge >= 0.3 is 0 Å². The Morgan fingerprint density at radius 1 is 0.810 bits per heavy atom. The van der Waals surface area contributed by atoms with Gasteiger partial charge in [0.2, 0.25) is 11.8 Å². The number of amides is 2. The summed E-state index contributed by atoms with van der Waals surface area (Å²) in [7, 11) is 0. The van der Waals surface area contributed by atoms with Crippen LogP contribution in [0.1, 0.15) is 48.4 Å². The van der Waals surface area contributed by atoms with Gasteiger partial charge in [0.1, 0.15) is 23.7 Å². The van der Waals surface area contributed by atoms with E-state index in [4.69, 9.17) is 27.4 Å². The zero-order valence-corrected chi connectivity index (χ0v) is 34.7. The molecular formula is C36H35Br2ClN16O3. The molecule has 3 aliphatic heterocycles. The fourth-order valence-corrected chi connectivity index (χ4v) is 7.09. The van der Waals surface area contributed by atoms with Gasteiger partial charge in [-0.1, -0.05) is 53.7 Å². The predicted octanol–water partition coefficient (Wildman–Crippen LogP) is 8.29. The van der Waals surface area contributed by atoms with Crippen LogP contribution < -0.4 is 10.6 Å². The van der Waals surface area contributed by atoms with E-state index >= 15 is 0 Å². The number of carbonyl (C=O) groups excluding carboxylic acids is 2. The van der Waals surface area contributed by atoms with Crippen molar-refractivity contribution in [3.63, 3.8) is 0 Å². The van der Waals surface area contributed by atoms with Crippen molar-refractivity contribution < 1.29 is 14.3 Å². The molecule has 2 amide bonds. The van der Waals surface area contributed by atoms with Gasteiger partial charge in [0.15, 0.2) is 11.3 Å². The van der Waals surface area contributed by atoms with E-state index in [1.165, 1.54) is 25.5 Å². The molecule has 1 atom stereocenters. The van der Waals surface area contributed by atoms with Gasteiger partial charge in [-0.3, -0.25) is 19.0 Å². The van der Waals surface area contributed by atoms with Crippen LogP contribution in [0, 0.1) is 0 Å². The molecule has 1 saturated heterocycles. The maximum atomic E-state index is 12.6. The standard InChI is InChI=1S/C16H13BrN8O.C8H6BrNO.C8H8ClN7.C4H8O/c17-9-2-3-12-10(6-9)13(16(26)22-12)14-11-7-25(5-1-4-21-24-18)23-15(11)20-8-19-14;9-6-1-2-7-5(3-6)4-8(11)10-7;9-7-6-4-16(3-1-2-13-15-10)14-8(6)12-5-11-7;1-2-4-5-3-1/h2-3,6-8,13H,1,4-5H2,(H,22,26);1-3H,4H2,(H,10,11);4-5H,1-3H2;1-4H2. The lowest BCUT2D eigenvalue weighted by molar-refractivity contribution is -0.116. The SMILES string of the molecule is C1CCOC1.O=C1Cc2cc(Br)ccc2N1.[N-]=[N+]=NCCCn1cc2c(C3C(=O)Nc4ccc(Br)cc43)ncnc2n1.[N-]=[N+]=NCCCn1cc2c(Cl)ncnc2n1. The molecule has 298 valence electrons. The van der Waals surface area contributed by atoms with Crippen LogP contribution in [-0.2, 0) is 33.8 Å². The number of benzene rings is 2. The van der Waals surface area contributed by atoms with Crippen LogP contribution in [0.15, 0.2) is 80.6 Å². The van der Waals surface area contributed by atoms with Crippen LogP contribution in [0.3, 0.4) is 0 Å². The molecule has 0 aliphatic carbocycles. The second-order valence-corrected chi connectivity index (χ2v) is 15.0. The van der Waals surface area contributed by atoms with E-state index in [1.54, 1.807) is 15.6 Å². The van der Waals surface area contributed by atoms with E-state index in [-0.39, 0.29) is 11.8 Å². The Bertz CT molecular complexity index is 2510. The molecule has 4 aromatic heterocycles. The molecule has 22 heteroatoms. The highest BCUT2D eigenvalue weighted by Crippen LogP contribution is 2.39. The van der Waals surface area contributed by atoms with E-state index in [1.807, 2.05) is 42.6 Å². The number of anilines is 2. The molecule has 19 nitrogen and oxygen atoms in total. The molecule has 0 radical (unpaired) electrons. The van der Waals surface area contributed by atoms with Gasteiger partial charge in [-0.15, -0.1) is 0 Å². The van der Waals surface area contributed by atoms with Crippen molar-refractivity contribution in [2.75, 3.05) is 36.9 Å². The van der Waals surface area contributed by atoms with Crippen LogP contribution in [-0.4, -0.2) is 77.6 Å². The minimum absolute atomic E-state index is 0.0816. The Balaban J connectivity index is 0.000000149. The number of hydrogen-bond acceptors (Lipinski definition) is 11. The maximum absolute atomic E-state index is 12.6. The lowest BCUT2D eigenvalue weighted by Crippen LogP contribution is -2.14. The third kappa shape index (κ3) is 11.0. The van der Waals surface area contributed by atoms with Crippen molar-refractivity contribution in [1.29, 1.82) is 0 Å². The Morgan fingerprint density at radius 2 is 1.41 bits per heavy atom. The number of nitrogens with one attached hydrogen (secondary N) is 2. The van der Waals surface area contributed by atoms with Crippen LogP contribution in [0.5, 0.6) is 0 Å². The number of carbonyl (C=O) groups is 2. The molecule has 1 unspecified atom stereocenters. The van der Waals surface area contributed by atoms with Crippen molar-refractivity contribution >= 4 is 88.7 Å². The lowest BCUT2D eigenvalue weighted by atomic mass is 9.95. The minimum Gasteiger partial charge on any atom is -0.381 e. The van der Waals surface area contributed by atoms with E-state index in [2.05, 4.69) is 92.7 Å². The molecule has 1 fully saturated rings. The van der Waals surface area contributed by atoms with Gasteiger partial charge in [0.25, 0.3) is 0 Å². The summed E-state index contributed by atoms with van der Waals surface area (Å²) in [6.07, 6.45) is 10.9. The highest BCUT2D eigenvalue weighted by Gasteiger charge is 2.35. The van der Waals surface area contributed by atoms with Gasteiger partial charge < -0.3 is 15.4 Å². The molecule has 0 bridgehead atoms. The van der Waals surface area contributed by atoms with Crippen molar-refractivity contribution in [1.82, 2.24) is 39.5 Å². The van der Waals surface area contributed by atoms with Gasteiger partial charge in [-0.05, 0) is 84.3 Å². The first-order valence-corrected chi connectivity index (χ1v) is 20.0. The van der Waals surface area contributed by atoms with Gasteiger partial charge in [0.05, 0.1) is 22.9 Å². The van der Waals surface area contributed by atoms with Crippen LogP contribution in [0.25, 0.3) is 43.0 Å². The van der Waals surface area contributed by atoms with E-state index in [0.717, 1.165) is 61.9 Å². The number of aryl methyl sites for hydroxylation is 2. The zero-order chi connectivity index (χ0) is 40.9. The second kappa shape index (κ2) is 20.6. The third-order valence-electron chi connectivity index (χ3n) is 8.77. The van der Waals surface area contributed by atoms with E-state index in [9.17, 15) is 9.59 Å². The Morgan fingerprint density at radius 3 is 2.03 bits per heavy atom. The molecule has 7 heterocycles. The summed E-state index contributed by atoms with van der Waals surface area (Å²) in [5.74, 6) is -0.541. The first-order valence-electron chi connectivity index (χ1n) is 18.0. The number of azide groups is 2. The predicted molar refractivity (Wildman–Crippen MR) is 224 cm³/mol. The Hall–Kier alpha value is -5.69. The number of halogens is 3. The largest absolute Gasteiger partial charge is 0.381 e. The normalized spacial score (nSPS) is 14.6. The Labute approximate surface area is 352 Å². The van der Waals surface area contributed by atoms with Crippen molar-refractivity contribution in [2.45, 2.75) is 51.1 Å². The molecule has 58 heavy (non-hydrogen) atoms. The zero-order valence-electron chi connectivity index (χ0n) is 30.7. The summed E-state index contributed by atoms with van der Waals surface area (Å²) in [6.45, 7) is 4.10. The quantitative estimate of drug-likeness (QED) is 0.0464. The summed E-state index contributed by atoms with van der Waals surface area (Å²) < 4.78 is 10.3. The van der Waals surface area contributed by atoms with E-state index in [0.29, 0.717) is 61.2 Å². The second-order valence-electron chi connectivity index (χ2n) is 12.8. The molecule has 2 N–H and O–H groups in total. The fourth-order valence-electron chi connectivity index (χ4n) is 6.13. The van der Waals surface area contributed by atoms with Crippen LogP contribution >= 0.6 is 43.5 Å². The van der Waals surface area contributed by atoms with Crippen molar-refractivity contribution in [3.05, 3.63) is 113 Å². The molecule has 6 aromatic rings. The average Bonchev–Trinajstić information content (AvgIpc) is 4.06. The monoisotopic (exact) mass is 932 g/mol. The summed E-state index contributed by atoms with van der Waals surface area (Å²) >= 11 is 12.7.